The van der Waals surface area contributed by atoms with Crippen LogP contribution in [0.15, 0.2) is 36.5 Å². The predicted octanol–water partition coefficient (Wildman–Crippen LogP) is 2.77. The molecule has 1 fully saturated rings. The third-order valence-electron chi connectivity index (χ3n) is 5.93. The van der Waals surface area contributed by atoms with Crippen molar-refractivity contribution in [1.29, 1.82) is 5.41 Å². The predicted molar refractivity (Wildman–Crippen MR) is 143 cm³/mol. The van der Waals surface area contributed by atoms with E-state index < -0.39 is 30.7 Å². The number of carbonyl (C=O) groups is 5. The van der Waals surface area contributed by atoms with Crippen LogP contribution < -0.4 is 15.5 Å². The average Bonchev–Trinajstić information content (AvgIpc) is 3.64. The Bertz CT molecular complexity index is 1360. The number of aryl methyl sites for hydroxylation is 1. The summed E-state index contributed by atoms with van der Waals surface area (Å²) in [5.41, 5.74) is 1.77. The van der Waals surface area contributed by atoms with E-state index in [1.807, 2.05) is 6.92 Å². The number of aromatic amines is 1. The molecule has 0 atom stereocenters. The number of carboxylic acid groups (broad SMARTS) is 1. The fourth-order valence-electron chi connectivity index (χ4n) is 3.61. The minimum atomic E-state index is -1.36. The quantitative estimate of drug-likeness (QED) is 0.0922. The summed E-state index contributed by atoms with van der Waals surface area (Å²) in [6.45, 7) is 4.79. The normalized spacial score (nSPS) is 12.5. The topological polar surface area (TPSA) is 191 Å². The Morgan fingerprint density at radius 2 is 1.85 bits per heavy atom. The standard InChI is InChI=1S/C27H31N5O8/c1-4-11-29-26(37)19-13-30-23(16(19)3)24(28)32(27(38)40-14-39-22(35)10-9-21(33)34)20-12-17(6-5-15(20)2)25(36)31-18-7-8-18/h5-6,9-10,12-13,18,28,30H,4,7-8,11,14H2,1-3H3,(H,29,37)(H,31,36)(H,33,34)/b10-9+,28-24?. The number of nitrogens with one attached hydrogen (secondary N) is 4. The second kappa shape index (κ2) is 13.2. The molecule has 0 bridgehead atoms. The lowest BCUT2D eigenvalue weighted by Gasteiger charge is -2.24. The maximum absolute atomic E-state index is 13.3. The number of hydrogen-bond donors (Lipinski definition) is 5. The molecule has 2 aromatic rings. The Morgan fingerprint density at radius 1 is 1.12 bits per heavy atom. The monoisotopic (exact) mass is 553 g/mol. The first-order chi connectivity index (χ1) is 19.0. The number of esters is 1. The third kappa shape index (κ3) is 7.56. The van der Waals surface area contributed by atoms with Crippen molar-refractivity contribution >= 4 is 41.4 Å². The summed E-state index contributed by atoms with van der Waals surface area (Å²) < 4.78 is 9.80. The molecule has 13 heteroatoms. The van der Waals surface area contributed by atoms with Crippen LogP contribution in [0, 0.1) is 19.3 Å². The van der Waals surface area contributed by atoms with Crippen LogP contribution in [-0.2, 0) is 19.1 Å². The summed E-state index contributed by atoms with van der Waals surface area (Å²) in [6.07, 6.45) is 4.02. The molecule has 1 aromatic heterocycles. The van der Waals surface area contributed by atoms with Gasteiger partial charge in [0.15, 0.2) is 5.84 Å². The lowest BCUT2D eigenvalue weighted by molar-refractivity contribution is -0.146. The van der Waals surface area contributed by atoms with Crippen molar-refractivity contribution in [3.05, 3.63) is 64.5 Å². The van der Waals surface area contributed by atoms with Crippen LogP contribution in [0.2, 0.25) is 0 Å². The number of H-pyrrole nitrogens is 1. The van der Waals surface area contributed by atoms with Crippen molar-refractivity contribution in [3.63, 3.8) is 0 Å². The van der Waals surface area contributed by atoms with Gasteiger partial charge < -0.3 is 30.2 Å². The Kier molecular flexibility index (Phi) is 9.79. The molecule has 3 rings (SSSR count). The molecule has 3 amide bonds. The summed E-state index contributed by atoms with van der Waals surface area (Å²) in [6, 6.07) is 4.75. The van der Waals surface area contributed by atoms with Crippen molar-refractivity contribution < 1.29 is 38.6 Å². The lowest BCUT2D eigenvalue weighted by Crippen LogP contribution is -2.39. The highest BCUT2D eigenvalue weighted by Crippen LogP contribution is 2.27. The molecule has 5 N–H and O–H groups in total. The highest BCUT2D eigenvalue weighted by atomic mass is 16.7. The molecule has 0 saturated heterocycles. The van der Waals surface area contributed by atoms with E-state index >= 15 is 0 Å². The molecule has 1 saturated carbocycles. The molecular weight excluding hydrogens is 522 g/mol. The summed E-state index contributed by atoms with van der Waals surface area (Å²) >= 11 is 0. The van der Waals surface area contributed by atoms with Gasteiger partial charge in [-0.1, -0.05) is 13.0 Å². The van der Waals surface area contributed by atoms with Crippen molar-refractivity contribution in [1.82, 2.24) is 15.6 Å². The number of anilines is 1. The van der Waals surface area contributed by atoms with E-state index in [-0.39, 0.29) is 40.4 Å². The molecular formula is C27H31N5O8. The number of hydrogen-bond acceptors (Lipinski definition) is 8. The van der Waals surface area contributed by atoms with Crippen LogP contribution in [0.3, 0.4) is 0 Å². The zero-order chi connectivity index (χ0) is 29.4. The number of aliphatic carboxylic acids is 1. The van der Waals surface area contributed by atoms with Gasteiger partial charge in [0, 0.05) is 36.5 Å². The number of carbonyl (C=O) groups excluding carboxylic acids is 4. The Balaban J connectivity index is 1.92. The number of aromatic nitrogens is 1. The first-order valence-corrected chi connectivity index (χ1v) is 12.5. The Morgan fingerprint density at radius 3 is 2.50 bits per heavy atom. The Labute approximate surface area is 230 Å². The molecule has 0 radical (unpaired) electrons. The van der Waals surface area contributed by atoms with Crippen molar-refractivity contribution in [2.24, 2.45) is 0 Å². The van der Waals surface area contributed by atoms with Crippen LogP contribution in [0.5, 0.6) is 0 Å². The van der Waals surface area contributed by atoms with Gasteiger partial charge >= 0.3 is 18.0 Å². The van der Waals surface area contributed by atoms with Crippen LogP contribution in [0.4, 0.5) is 10.5 Å². The Hall–Kier alpha value is -4.94. The lowest BCUT2D eigenvalue weighted by atomic mass is 10.1. The van der Waals surface area contributed by atoms with Gasteiger partial charge in [-0.2, -0.15) is 0 Å². The minimum absolute atomic E-state index is 0.0975. The SMILES string of the molecule is CCCNC(=O)c1c[nH]c(C(=N)N(C(=O)OCOC(=O)/C=C/C(=O)O)c2cc(C(=O)NC3CC3)ccc2C)c1C. The van der Waals surface area contributed by atoms with Crippen molar-refractivity contribution in [2.75, 3.05) is 18.2 Å². The van der Waals surface area contributed by atoms with Gasteiger partial charge in [-0.15, -0.1) is 0 Å². The van der Waals surface area contributed by atoms with E-state index in [9.17, 15) is 24.0 Å². The highest BCUT2D eigenvalue weighted by Gasteiger charge is 2.30. The van der Waals surface area contributed by atoms with Crippen LogP contribution >= 0.6 is 0 Å². The summed E-state index contributed by atoms with van der Waals surface area (Å²) in [7, 11) is 0. The zero-order valence-corrected chi connectivity index (χ0v) is 22.3. The second-order valence-electron chi connectivity index (χ2n) is 9.05. The van der Waals surface area contributed by atoms with Crippen LogP contribution in [-0.4, -0.2) is 65.2 Å². The summed E-state index contributed by atoms with van der Waals surface area (Å²) in [4.78, 5) is 64.5. The fourth-order valence-corrected chi connectivity index (χ4v) is 3.61. The van der Waals surface area contributed by atoms with Gasteiger partial charge in [-0.3, -0.25) is 15.0 Å². The maximum atomic E-state index is 13.3. The van der Waals surface area contributed by atoms with E-state index in [1.54, 1.807) is 26.0 Å². The molecule has 212 valence electrons. The smallest absolute Gasteiger partial charge is 0.423 e. The van der Waals surface area contributed by atoms with Crippen LogP contribution in [0.25, 0.3) is 0 Å². The number of carboxylic acids is 1. The summed E-state index contributed by atoms with van der Waals surface area (Å²) in [5.74, 6) is -3.50. The molecule has 1 aliphatic carbocycles. The molecule has 1 aliphatic rings. The molecule has 1 aromatic carbocycles. The number of amidine groups is 1. The van der Waals surface area contributed by atoms with Gasteiger partial charge in [0.1, 0.15) is 0 Å². The molecule has 0 unspecified atom stereocenters. The zero-order valence-electron chi connectivity index (χ0n) is 22.3. The molecule has 13 nitrogen and oxygen atoms in total. The largest absolute Gasteiger partial charge is 0.478 e. The number of nitrogens with zero attached hydrogens (tertiary/aromatic N) is 1. The molecule has 0 spiro atoms. The van der Waals surface area contributed by atoms with Crippen molar-refractivity contribution in [2.45, 2.75) is 46.1 Å². The second-order valence-corrected chi connectivity index (χ2v) is 9.05. The number of benzene rings is 1. The maximum Gasteiger partial charge on any atom is 0.423 e. The first kappa shape index (κ1) is 29.6. The van der Waals surface area contributed by atoms with Gasteiger partial charge in [-0.25, -0.2) is 19.3 Å². The molecule has 1 heterocycles. The van der Waals surface area contributed by atoms with Gasteiger partial charge in [0.2, 0.25) is 6.79 Å². The molecule has 40 heavy (non-hydrogen) atoms. The van der Waals surface area contributed by atoms with E-state index in [4.69, 9.17) is 20.0 Å². The average molecular weight is 554 g/mol. The number of rotatable bonds is 11. The van der Waals surface area contributed by atoms with E-state index in [1.165, 1.54) is 12.3 Å². The number of amides is 3. The summed E-state index contributed by atoms with van der Waals surface area (Å²) in [5, 5.41) is 23.1. The number of ether oxygens (including phenoxy) is 2. The van der Waals surface area contributed by atoms with Crippen LogP contribution in [0.1, 0.15) is 63.7 Å². The first-order valence-electron chi connectivity index (χ1n) is 12.5. The highest BCUT2D eigenvalue weighted by molar-refractivity contribution is 6.21. The van der Waals surface area contributed by atoms with E-state index in [0.717, 1.165) is 24.2 Å². The van der Waals surface area contributed by atoms with Gasteiger partial charge in [-0.05, 0) is 56.4 Å². The fraction of sp³-hybridized carbons (Fsp3) is 0.333. The third-order valence-corrected chi connectivity index (χ3v) is 5.93. The van der Waals surface area contributed by atoms with Gasteiger partial charge in [0.05, 0.1) is 16.9 Å². The van der Waals surface area contributed by atoms with Crippen molar-refractivity contribution in [3.8, 4) is 0 Å². The minimum Gasteiger partial charge on any atom is -0.478 e. The van der Waals surface area contributed by atoms with Gasteiger partial charge in [0.25, 0.3) is 11.8 Å². The van der Waals surface area contributed by atoms with E-state index in [2.05, 4.69) is 15.6 Å². The van der Waals surface area contributed by atoms with E-state index in [0.29, 0.717) is 29.8 Å². The molecule has 0 aliphatic heterocycles.